The molecule has 0 aromatic heterocycles. The summed E-state index contributed by atoms with van der Waals surface area (Å²) in [7, 11) is -3.64. The number of carboxylic acid groups (broad SMARTS) is 1. The van der Waals surface area contributed by atoms with Crippen LogP contribution >= 0.6 is 0 Å². The molecule has 0 atom stereocenters. The van der Waals surface area contributed by atoms with Crippen LogP contribution in [0.15, 0.2) is 0 Å². The highest BCUT2D eigenvalue weighted by atomic mass is 32.2. The van der Waals surface area contributed by atoms with Gasteiger partial charge in [0.2, 0.25) is 0 Å². The van der Waals surface area contributed by atoms with Crippen LogP contribution in [0.1, 0.15) is 26.7 Å². The lowest BCUT2D eigenvalue weighted by Gasteiger charge is -2.30. The largest absolute Gasteiger partial charge is 0.481 e. The van der Waals surface area contributed by atoms with E-state index >= 15 is 0 Å². The summed E-state index contributed by atoms with van der Waals surface area (Å²) in [6.45, 7) is 3.71. The number of aliphatic carboxylic acids is 1. The van der Waals surface area contributed by atoms with Gasteiger partial charge < -0.3 is 5.11 Å². The second-order valence-corrected chi connectivity index (χ2v) is 7.09. The Balaban J connectivity index is 2.57. The minimum absolute atomic E-state index is 0.0324. The van der Waals surface area contributed by atoms with Gasteiger partial charge in [0.05, 0.1) is 17.4 Å². The molecule has 0 aliphatic carbocycles. The molecule has 0 spiro atoms. The molecule has 1 aliphatic heterocycles. The molecule has 1 fully saturated rings. The molecule has 0 amide bonds. The molecule has 2 N–H and O–H groups in total. The molecule has 0 aromatic carbocycles. The number of carboxylic acids is 1. The lowest BCUT2D eigenvalue weighted by atomic mass is 9.97. The third-order valence-electron chi connectivity index (χ3n) is 3.14. The van der Waals surface area contributed by atoms with Crippen molar-refractivity contribution in [2.75, 3.05) is 19.6 Å². The van der Waals surface area contributed by atoms with Crippen molar-refractivity contribution in [2.45, 2.75) is 26.7 Å². The van der Waals surface area contributed by atoms with E-state index in [1.807, 2.05) is 6.07 Å². The number of hydrogen-bond donors (Lipinski definition) is 2. The van der Waals surface area contributed by atoms with Gasteiger partial charge in [-0.2, -0.15) is 18.0 Å². The van der Waals surface area contributed by atoms with Gasteiger partial charge in [0.15, 0.2) is 0 Å². The van der Waals surface area contributed by atoms with Crippen LogP contribution in [0.5, 0.6) is 0 Å². The predicted octanol–water partition coefficient (Wildman–Crippen LogP) is 0.167. The second kappa shape index (κ2) is 5.86. The highest BCUT2D eigenvalue weighted by molar-refractivity contribution is 7.87. The Hall–Kier alpha value is -1.17. The number of nitrogens with one attached hydrogen (secondary N) is 1. The fraction of sp³-hybridized carbons (Fsp3) is 0.818. The molecule has 1 saturated heterocycles. The van der Waals surface area contributed by atoms with Crippen molar-refractivity contribution in [1.29, 1.82) is 5.26 Å². The fourth-order valence-corrected chi connectivity index (χ4v) is 3.16. The summed E-state index contributed by atoms with van der Waals surface area (Å²) < 4.78 is 27.6. The number of rotatable bonds is 5. The molecule has 108 valence electrons. The Morgan fingerprint density at radius 3 is 2.42 bits per heavy atom. The zero-order valence-electron chi connectivity index (χ0n) is 11.1. The van der Waals surface area contributed by atoms with Gasteiger partial charge in [-0.05, 0) is 26.7 Å². The minimum atomic E-state index is -3.64. The van der Waals surface area contributed by atoms with Crippen LogP contribution in [-0.2, 0) is 15.0 Å². The molecule has 1 heterocycles. The van der Waals surface area contributed by atoms with Gasteiger partial charge >= 0.3 is 5.97 Å². The van der Waals surface area contributed by atoms with Crippen LogP contribution in [-0.4, -0.2) is 43.4 Å². The summed E-state index contributed by atoms with van der Waals surface area (Å²) in [5, 5.41) is 17.7. The molecule has 0 aromatic rings. The van der Waals surface area contributed by atoms with Crippen LogP contribution in [0.25, 0.3) is 0 Å². The maximum atomic E-state index is 12.0. The first kappa shape index (κ1) is 15.9. The molecule has 0 bridgehead atoms. The lowest BCUT2D eigenvalue weighted by molar-refractivity contribution is -0.142. The van der Waals surface area contributed by atoms with Crippen molar-refractivity contribution in [3.05, 3.63) is 0 Å². The Morgan fingerprint density at radius 2 is 2.00 bits per heavy atom. The fourth-order valence-electron chi connectivity index (χ4n) is 1.75. The summed E-state index contributed by atoms with van der Waals surface area (Å²) in [6.07, 6.45) is 0.635. The summed E-state index contributed by atoms with van der Waals surface area (Å²) in [5.74, 6) is -1.35. The Kier molecular flexibility index (Phi) is 4.90. The van der Waals surface area contributed by atoms with Crippen molar-refractivity contribution < 1.29 is 18.3 Å². The van der Waals surface area contributed by atoms with E-state index in [9.17, 15) is 13.2 Å². The average molecular weight is 289 g/mol. The number of nitrogens with zero attached hydrogens (tertiary/aromatic N) is 2. The summed E-state index contributed by atoms with van der Waals surface area (Å²) >= 11 is 0. The molecule has 7 nitrogen and oxygen atoms in total. The van der Waals surface area contributed by atoms with E-state index in [0.717, 1.165) is 0 Å². The van der Waals surface area contributed by atoms with E-state index in [4.69, 9.17) is 10.4 Å². The predicted molar refractivity (Wildman–Crippen MR) is 68.2 cm³/mol. The summed E-state index contributed by atoms with van der Waals surface area (Å²) in [5.41, 5.74) is -0.771. The van der Waals surface area contributed by atoms with E-state index in [1.54, 1.807) is 13.8 Å². The third kappa shape index (κ3) is 4.45. The molecule has 8 heteroatoms. The average Bonchev–Trinajstić information content (AvgIpc) is 2.37. The van der Waals surface area contributed by atoms with Crippen LogP contribution in [0.3, 0.4) is 0 Å². The Labute approximate surface area is 113 Å². The summed E-state index contributed by atoms with van der Waals surface area (Å²) in [4.78, 5) is 10.8. The molecule has 0 radical (unpaired) electrons. The minimum Gasteiger partial charge on any atom is -0.481 e. The molecule has 0 unspecified atom stereocenters. The van der Waals surface area contributed by atoms with E-state index in [0.29, 0.717) is 12.8 Å². The quantitative estimate of drug-likeness (QED) is 0.749. The zero-order chi connectivity index (χ0) is 14.7. The first-order valence-corrected chi connectivity index (χ1v) is 7.51. The monoisotopic (exact) mass is 289 g/mol. The van der Waals surface area contributed by atoms with Crippen molar-refractivity contribution in [1.82, 2.24) is 9.03 Å². The van der Waals surface area contributed by atoms with Gasteiger partial charge in [-0.3, -0.25) is 4.79 Å². The van der Waals surface area contributed by atoms with Crippen LogP contribution in [0.4, 0.5) is 0 Å². The van der Waals surface area contributed by atoms with Crippen LogP contribution in [0, 0.1) is 22.7 Å². The number of nitriles is 1. The Morgan fingerprint density at radius 1 is 1.47 bits per heavy atom. The van der Waals surface area contributed by atoms with Crippen molar-refractivity contribution in [3.63, 3.8) is 0 Å². The SMILES string of the molecule is CC(C)(C#N)CNS(=O)(=O)N1CCC(C(=O)O)CC1. The first-order chi connectivity index (χ1) is 8.68. The number of carbonyl (C=O) groups is 1. The highest BCUT2D eigenvalue weighted by Gasteiger charge is 2.31. The molecule has 1 aliphatic rings. The lowest BCUT2D eigenvalue weighted by Crippen LogP contribution is -2.47. The Bertz CT molecular complexity index is 473. The normalized spacial score (nSPS) is 19.0. The standard InChI is InChI=1S/C11H19N3O4S/c1-11(2,7-12)8-13-19(17,18)14-5-3-9(4-6-14)10(15)16/h9,13H,3-6,8H2,1-2H3,(H,15,16). The van der Waals surface area contributed by atoms with E-state index in [1.165, 1.54) is 4.31 Å². The van der Waals surface area contributed by atoms with Gasteiger partial charge in [-0.1, -0.05) is 0 Å². The van der Waals surface area contributed by atoms with Gasteiger partial charge in [0.1, 0.15) is 0 Å². The van der Waals surface area contributed by atoms with Crippen LogP contribution in [0.2, 0.25) is 0 Å². The molecular formula is C11H19N3O4S. The molecule has 19 heavy (non-hydrogen) atoms. The first-order valence-electron chi connectivity index (χ1n) is 6.07. The van der Waals surface area contributed by atoms with Gasteiger partial charge in [0.25, 0.3) is 10.2 Å². The van der Waals surface area contributed by atoms with E-state index in [2.05, 4.69) is 4.72 Å². The van der Waals surface area contributed by atoms with Crippen molar-refractivity contribution in [3.8, 4) is 6.07 Å². The second-order valence-electron chi connectivity index (χ2n) is 5.33. The number of hydrogen-bond acceptors (Lipinski definition) is 4. The van der Waals surface area contributed by atoms with E-state index in [-0.39, 0.29) is 19.6 Å². The van der Waals surface area contributed by atoms with Gasteiger partial charge in [-0.25, -0.2) is 4.72 Å². The zero-order valence-corrected chi connectivity index (χ0v) is 11.9. The molecule has 1 rings (SSSR count). The maximum Gasteiger partial charge on any atom is 0.306 e. The molecule has 0 saturated carbocycles. The number of piperidine rings is 1. The van der Waals surface area contributed by atoms with E-state index < -0.39 is 27.5 Å². The smallest absolute Gasteiger partial charge is 0.306 e. The summed E-state index contributed by atoms with van der Waals surface area (Å²) in [6, 6.07) is 2.02. The van der Waals surface area contributed by atoms with Crippen molar-refractivity contribution in [2.24, 2.45) is 11.3 Å². The van der Waals surface area contributed by atoms with Crippen LogP contribution < -0.4 is 4.72 Å². The van der Waals surface area contributed by atoms with Crippen molar-refractivity contribution >= 4 is 16.2 Å². The van der Waals surface area contributed by atoms with Gasteiger partial charge in [0, 0.05) is 19.6 Å². The maximum absolute atomic E-state index is 12.0. The third-order valence-corrected chi connectivity index (χ3v) is 4.70. The molecular weight excluding hydrogens is 270 g/mol. The topological polar surface area (TPSA) is 111 Å². The van der Waals surface area contributed by atoms with Gasteiger partial charge in [-0.15, -0.1) is 0 Å². The highest BCUT2D eigenvalue weighted by Crippen LogP contribution is 2.20.